The fraction of sp³-hybridized carbons (Fsp3) is 0.469. The Morgan fingerprint density at radius 2 is 1.44 bits per heavy atom. The molecule has 18 heteroatoms. The number of phenolic OH excluding ortho intramolecular Hbond substituents is 1. The number of ether oxygens (including phenoxy) is 6. The van der Waals surface area contributed by atoms with Crippen LogP contribution in [0.25, 0.3) is 22.3 Å². The van der Waals surface area contributed by atoms with Gasteiger partial charge in [-0.1, -0.05) is 0 Å². The molecule has 2 fully saturated rings. The van der Waals surface area contributed by atoms with Gasteiger partial charge in [-0.3, -0.25) is 14.4 Å². The number of hydrogen-bond donors (Lipinski definition) is 8. The molecular formula is C32H36O18. The molecule has 0 aliphatic carbocycles. The molecule has 0 saturated carbocycles. The lowest BCUT2D eigenvalue weighted by Gasteiger charge is -2.39. The Balaban J connectivity index is 1.48. The normalized spacial score (nSPS) is 29.7. The van der Waals surface area contributed by atoms with Crippen LogP contribution in [0.1, 0.15) is 19.8 Å². The molecule has 2 saturated heterocycles. The third-order valence-corrected chi connectivity index (χ3v) is 8.17. The van der Waals surface area contributed by atoms with E-state index >= 15 is 0 Å². The molecule has 1 aromatic heterocycles. The third-order valence-electron chi connectivity index (χ3n) is 8.17. The molecule has 2 aliphatic rings. The van der Waals surface area contributed by atoms with Crippen molar-refractivity contribution in [2.45, 2.75) is 81.2 Å². The summed E-state index contributed by atoms with van der Waals surface area (Å²) in [5.41, 5.74) is -0.956. The van der Waals surface area contributed by atoms with Crippen molar-refractivity contribution >= 4 is 22.9 Å². The number of phenols is 1. The van der Waals surface area contributed by atoms with Crippen molar-refractivity contribution < 1.29 is 83.3 Å². The first-order valence-electron chi connectivity index (χ1n) is 15.3. The second kappa shape index (κ2) is 15.2. The zero-order valence-electron chi connectivity index (χ0n) is 26.5. The number of aliphatic hydroxyl groups excluding tert-OH is 6. The Bertz CT molecular complexity index is 1740. The average molecular weight is 709 g/mol. The molecule has 5 rings (SSSR count). The summed E-state index contributed by atoms with van der Waals surface area (Å²) in [6.07, 6.45) is -17.2. The monoisotopic (exact) mass is 708 g/mol. The highest BCUT2D eigenvalue weighted by atomic mass is 16.7. The van der Waals surface area contributed by atoms with E-state index < -0.39 is 115 Å². The number of aliphatic carboxylic acids is 1. The fourth-order valence-electron chi connectivity index (χ4n) is 5.33. The number of carbonyl (C=O) groups is 2. The Kier molecular flexibility index (Phi) is 11.1. The van der Waals surface area contributed by atoms with Gasteiger partial charge in [0.2, 0.25) is 23.8 Å². The summed E-state index contributed by atoms with van der Waals surface area (Å²) in [5.74, 6) is -3.41. The molecule has 50 heavy (non-hydrogen) atoms. The first kappa shape index (κ1) is 36.7. The Hall–Kier alpha value is -4.53. The van der Waals surface area contributed by atoms with E-state index in [0.717, 1.165) is 12.1 Å². The van der Waals surface area contributed by atoms with Crippen LogP contribution >= 0.6 is 0 Å². The quantitative estimate of drug-likeness (QED) is 0.111. The van der Waals surface area contributed by atoms with Crippen molar-refractivity contribution in [2.24, 2.45) is 0 Å². The molecule has 0 spiro atoms. The standard InChI is InChI=1S/C32H36O18/c1-12-22(37)25(40)27(42)31(46-12)50-30-24(39)21-16(33)9-15(10-17(21)48-29(30)13-3-5-14(44-2)6-4-13)47-32-28(43)26(41)23(38)18(49-32)11-45-20(36)8-7-19(34)35/h3-6,9-10,12,18,22-23,25-28,31-33,37-38,40-43H,7-8,11H2,1-2H3,(H,34,35). The Morgan fingerprint density at radius 3 is 2.08 bits per heavy atom. The molecular weight excluding hydrogens is 672 g/mol. The van der Waals surface area contributed by atoms with Crippen LogP contribution in [0, 0.1) is 0 Å². The SMILES string of the molecule is COc1ccc(-c2oc3cc(OC4OC(COC(=O)CCC(=O)O)C(O)C(O)C4O)cc(O)c3c(=O)c2OC2OC(C)C(O)C(O)C2O)cc1. The zero-order valence-corrected chi connectivity index (χ0v) is 26.5. The van der Waals surface area contributed by atoms with Gasteiger partial charge >= 0.3 is 11.9 Å². The first-order chi connectivity index (χ1) is 23.7. The van der Waals surface area contributed by atoms with Gasteiger partial charge in [-0.25, -0.2) is 0 Å². The maximum Gasteiger partial charge on any atom is 0.306 e. The van der Waals surface area contributed by atoms with Gasteiger partial charge in [0.05, 0.1) is 26.1 Å². The molecule has 0 amide bonds. The van der Waals surface area contributed by atoms with Crippen LogP contribution in [0.15, 0.2) is 45.6 Å². The summed E-state index contributed by atoms with van der Waals surface area (Å²) in [5, 5.41) is 81.6. The van der Waals surface area contributed by atoms with Crippen molar-refractivity contribution in [2.75, 3.05) is 13.7 Å². The van der Waals surface area contributed by atoms with E-state index in [1.54, 1.807) is 12.1 Å². The lowest BCUT2D eigenvalue weighted by molar-refractivity contribution is -0.278. The predicted octanol–water partition coefficient (Wildman–Crippen LogP) is -1.03. The van der Waals surface area contributed by atoms with Crippen molar-refractivity contribution in [3.63, 3.8) is 0 Å². The van der Waals surface area contributed by atoms with E-state index in [0.29, 0.717) is 5.75 Å². The van der Waals surface area contributed by atoms with Crippen LogP contribution in [0.5, 0.6) is 23.0 Å². The summed E-state index contributed by atoms with van der Waals surface area (Å²) in [7, 11) is 1.44. The van der Waals surface area contributed by atoms with Crippen molar-refractivity contribution in [1.29, 1.82) is 0 Å². The van der Waals surface area contributed by atoms with Crippen LogP contribution in [0.3, 0.4) is 0 Å². The summed E-state index contributed by atoms with van der Waals surface area (Å²) in [6, 6.07) is 8.24. The molecule has 10 unspecified atom stereocenters. The van der Waals surface area contributed by atoms with Gasteiger partial charge in [-0.15, -0.1) is 0 Å². The van der Waals surface area contributed by atoms with E-state index in [9.17, 15) is 50.1 Å². The van der Waals surface area contributed by atoms with Gasteiger partial charge < -0.3 is 73.7 Å². The lowest BCUT2D eigenvalue weighted by Crippen LogP contribution is -2.60. The minimum atomic E-state index is -1.86. The number of hydrogen-bond acceptors (Lipinski definition) is 17. The second-order valence-corrected chi connectivity index (χ2v) is 11.6. The number of aromatic hydroxyl groups is 1. The topological polar surface area (TPSA) is 282 Å². The van der Waals surface area contributed by atoms with E-state index in [1.807, 2.05) is 0 Å². The minimum Gasteiger partial charge on any atom is -0.507 e. The summed E-state index contributed by atoms with van der Waals surface area (Å²) in [6.45, 7) is 0.782. The fourth-order valence-corrected chi connectivity index (χ4v) is 5.33. The molecule has 8 N–H and O–H groups in total. The summed E-state index contributed by atoms with van der Waals surface area (Å²) < 4.78 is 38.6. The van der Waals surface area contributed by atoms with E-state index in [2.05, 4.69) is 0 Å². The first-order valence-corrected chi connectivity index (χ1v) is 15.3. The average Bonchev–Trinajstić information content (AvgIpc) is 3.09. The Labute approximate surface area is 282 Å². The number of rotatable bonds is 11. The van der Waals surface area contributed by atoms with Crippen LogP contribution in [-0.2, 0) is 23.8 Å². The molecule has 3 heterocycles. The van der Waals surface area contributed by atoms with Crippen molar-refractivity contribution in [1.82, 2.24) is 0 Å². The summed E-state index contributed by atoms with van der Waals surface area (Å²) >= 11 is 0. The van der Waals surface area contributed by atoms with Crippen molar-refractivity contribution in [3.8, 4) is 34.3 Å². The number of benzene rings is 2. The number of aliphatic hydroxyl groups is 6. The second-order valence-electron chi connectivity index (χ2n) is 11.6. The number of methoxy groups -OCH3 is 1. The number of carbonyl (C=O) groups excluding carboxylic acids is 1. The Morgan fingerprint density at radius 1 is 0.800 bits per heavy atom. The molecule has 3 aromatic rings. The van der Waals surface area contributed by atoms with E-state index in [4.69, 9.17) is 37.9 Å². The van der Waals surface area contributed by atoms with E-state index in [-0.39, 0.29) is 22.7 Å². The molecule has 2 aliphatic heterocycles. The number of esters is 1. The van der Waals surface area contributed by atoms with Gasteiger partial charge in [-0.05, 0) is 31.2 Å². The van der Waals surface area contributed by atoms with Gasteiger partial charge in [0.1, 0.15) is 77.6 Å². The number of fused-ring (bicyclic) bond motifs is 1. The maximum atomic E-state index is 13.9. The van der Waals surface area contributed by atoms with Gasteiger partial charge in [0.15, 0.2) is 5.76 Å². The molecule has 18 nitrogen and oxygen atoms in total. The lowest BCUT2D eigenvalue weighted by atomic mass is 9.99. The molecule has 2 aromatic carbocycles. The predicted molar refractivity (Wildman–Crippen MR) is 164 cm³/mol. The molecule has 10 atom stereocenters. The zero-order chi connectivity index (χ0) is 36.4. The molecule has 272 valence electrons. The highest BCUT2D eigenvalue weighted by Gasteiger charge is 2.46. The molecule has 0 bridgehead atoms. The van der Waals surface area contributed by atoms with Crippen LogP contribution < -0.4 is 19.6 Å². The minimum absolute atomic E-state index is 0.219. The molecule has 0 radical (unpaired) electrons. The van der Waals surface area contributed by atoms with Crippen LogP contribution in [0.2, 0.25) is 0 Å². The van der Waals surface area contributed by atoms with Crippen molar-refractivity contribution in [3.05, 3.63) is 46.6 Å². The highest BCUT2D eigenvalue weighted by molar-refractivity contribution is 5.88. The third kappa shape index (κ3) is 7.62. The van der Waals surface area contributed by atoms with Gasteiger partial charge in [0, 0.05) is 17.7 Å². The van der Waals surface area contributed by atoms with E-state index in [1.165, 1.54) is 26.2 Å². The largest absolute Gasteiger partial charge is 0.507 e. The smallest absolute Gasteiger partial charge is 0.306 e. The van der Waals surface area contributed by atoms with Gasteiger partial charge in [0.25, 0.3) is 0 Å². The summed E-state index contributed by atoms with van der Waals surface area (Å²) in [4.78, 5) is 36.5. The number of carboxylic acid groups (broad SMARTS) is 1. The maximum absolute atomic E-state index is 13.9. The number of carboxylic acids is 1. The van der Waals surface area contributed by atoms with Crippen LogP contribution in [0.4, 0.5) is 0 Å². The van der Waals surface area contributed by atoms with Gasteiger partial charge in [-0.2, -0.15) is 0 Å². The van der Waals surface area contributed by atoms with Crippen LogP contribution in [-0.4, -0.2) is 128 Å². The highest BCUT2D eigenvalue weighted by Crippen LogP contribution is 2.38.